The number of nitrogens with two attached hydrogens (primary N) is 1. The summed E-state index contributed by atoms with van der Waals surface area (Å²) in [4.78, 5) is 12.7. The maximum absolute atomic E-state index is 13.8. The van der Waals surface area contributed by atoms with Crippen LogP contribution in [0.2, 0.25) is 0 Å². The Hall–Kier alpha value is -1.21. The highest BCUT2D eigenvalue weighted by atomic mass is 79.9. The van der Waals surface area contributed by atoms with Crippen LogP contribution >= 0.6 is 15.9 Å². The summed E-state index contributed by atoms with van der Waals surface area (Å²) in [5, 5.41) is 11.2. The number of rotatable bonds is 2. The quantitative estimate of drug-likeness (QED) is 0.652. The van der Waals surface area contributed by atoms with E-state index in [1.54, 1.807) is 0 Å². The van der Waals surface area contributed by atoms with Gasteiger partial charge in [0.1, 0.15) is 11.5 Å². The Morgan fingerprint density at radius 1 is 1.33 bits per heavy atom. The maximum atomic E-state index is 13.8. The van der Waals surface area contributed by atoms with E-state index in [1.807, 2.05) is 4.90 Å². The van der Waals surface area contributed by atoms with Crippen LogP contribution in [0.1, 0.15) is 19.3 Å². The van der Waals surface area contributed by atoms with E-state index in [-0.39, 0.29) is 16.2 Å². The molecule has 7 heteroatoms. The number of halogens is 2. The van der Waals surface area contributed by atoms with Gasteiger partial charge in [0.05, 0.1) is 9.40 Å². The Kier molecular flexibility index (Phi) is 3.88. The maximum Gasteiger partial charge on any atom is 0.293 e. The first kappa shape index (κ1) is 14.7. The summed E-state index contributed by atoms with van der Waals surface area (Å²) >= 11 is 3.01. The zero-order valence-electron chi connectivity index (χ0n) is 11.5. The van der Waals surface area contributed by atoms with Crippen molar-refractivity contribution in [3.8, 4) is 0 Å². The number of fused-ring (bicyclic) bond motifs is 1. The summed E-state index contributed by atoms with van der Waals surface area (Å²) in [6, 6.07) is 2.74. The molecule has 1 unspecified atom stereocenters. The molecule has 1 aromatic carbocycles. The highest BCUT2D eigenvalue weighted by Crippen LogP contribution is 2.41. The fourth-order valence-electron chi connectivity index (χ4n) is 3.59. The summed E-state index contributed by atoms with van der Waals surface area (Å²) in [7, 11) is 0. The Morgan fingerprint density at radius 3 is 2.76 bits per heavy atom. The number of nitro groups is 1. The number of hydrogen-bond acceptors (Lipinski definition) is 4. The van der Waals surface area contributed by atoms with Crippen LogP contribution in [0, 0.1) is 27.8 Å². The molecule has 0 spiro atoms. The second-order valence-electron chi connectivity index (χ2n) is 6.01. The third-order valence-electron chi connectivity index (χ3n) is 4.65. The first-order valence-corrected chi connectivity index (χ1v) is 7.89. The molecule has 1 saturated heterocycles. The summed E-state index contributed by atoms with van der Waals surface area (Å²) in [6.07, 6.45) is 3.01. The minimum atomic E-state index is -0.470. The molecular formula is C14H17BrFN3O2. The Balaban J connectivity index is 1.91. The van der Waals surface area contributed by atoms with Gasteiger partial charge >= 0.3 is 0 Å². The molecule has 0 aromatic heterocycles. The third-order valence-corrected chi connectivity index (χ3v) is 5.25. The molecule has 2 fully saturated rings. The molecular weight excluding hydrogens is 341 g/mol. The monoisotopic (exact) mass is 357 g/mol. The van der Waals surface area contributed by atoms with Gasteiger partial charge in [0, 0.05) is 31.3 Å². The molecule has 1 aliphatic heterocycles. The van der Waals surface area contributed by atoms with E-state index in [9.17, 15) is 14.5 Å². The number of anilines is 1. The van der Waals surface area contributed by atoms with Gasteiger partial charge in [-0.2, -0.15) is 0 Å². The lowest BCUT2D eigenvalue weighted by Gasteiger charge is -2.27. The smallest absolute Gasteiger partial charge is 0.293 e. The van der Waals surface area contributed by atoms with E-state index in [0.29, 0.717) is 17.5 Å². The van der Waals surface area contributed by atoms with Crippen LogP contribution in [-0.4, -0.2) is 24.1 Å². The minimum Gasteiger partial charge on any atom is -0.365 e. The fraction of sp³-hybridized carbons (Fsp3) is 0.571. The molecule has 0 radical (unpaired) electrons. The van der Waals surface area contributed by atoms with E-state index in [4.69, 9.17) is 5.73 Å². The summed E-state index contributed by atoms with van der Waals surface area (Å²) in [5.41, 5.74) is 6.33. The number of nitrogens with zero attached hydrogens (tertiary/aromatic N) is 2. The molecule has 1 saturated carbocycles. The van der Waals surface area contributed by atoms with Gasteiger partial charge in [0.2, 0.25) is 0 Å². The third kappa shape index (κ3) is 2.76. The highest BCUT2D eigenvalue weighted by Gasteiger charge is 2.38. The Labute approximate surface area is 130 Å². The van der Waals surface area contributed by atoms with Crippen molar-refractivity contribution in [1.82, 2.24) is 0 Å². The zero-order chi connectivity index (χ0) is 15.1. The number of nitro benzene ring substituents is 1. The first-order valence-electron chi connectivity index (χ1n) is 7.09. The van der Waals surface area contributed by atoms with Crippen molar-refractivity contribution in [1.29, 1.82) is 0 Å². The molecule has 3 rings (SSSR count). The molecule has 3 atom stereocenters. The van der Waals surface area contributed by atoms with Gasteiger partial charge in [-0.05, 0) is 47.0 Å². The number of hydrogen-bond donors (Lipinski definition) is 1. The van der Waals surface area contributed by atoms with Crippen LogP contribution in [0.3, 0.4) is 0 Å². The van der Waals surface area contributed by atoms with Crippen molar-refractivity contribution in [2.75, 3.05) is 18.0 Å². The molecule has 21 heavy (non-hydrogen) atoms. The molecule has 1 heterocycles. The van der Waals surface area contributed by atoms with Crippen molar-refractivity contribution in [2.24, 2.45) is 17.6 Å². The summed E-state index contributed by atoms with van der Waals surface area (Å²) < 4.78 is 13.9. The zero-order valence-corrected chi connectivity index (χ0v) is 13.1. The molecule has 0 amide bonds. The van der Waals surface area contributed by atoms with E-state index < -0.39 is 10.7 Å². The van der Waals surface area contributed by atoms with E-state index >= 15 is 0 Å². The normalized spacial score (nSPS) is 28.5. The van der Waals surface area contributed by atoms with Crippen molar-refractivity contribution in [3.05, 3.63) is 32.5 Å². The number of benzene rings is 1. The molecule has 2 N–H and O–H groups in total. The summed E-state index contributed by atoms with van der Waals surface area (Å²) in [5.74, 6) is 0.498. The molecule has 114 valence electrons. The SMILES string of the molecule is NC1CC[C@@H]2CN(c3cc(F)c(Br)cc3[N+](=O)[O-])C[C@@H]2C1. The predicted molar refractivity (Wildman–Crippen MR) is 81.8 cm³/mol. The van der Waals surface area contributed by atoms with Gasteiger partial charge in [0.15, 0.2) is 0 Å². The molecule has 1 aliphatic carbocycles. The van der Waals surface area contributed by atoms with Crippen molar-refractivity contribution < 1.29 is 9.31 Å². The van der Waals surface area contributed by atoms with Crippen molar-refractivity contribution in [3.63, 3.8) is 0 Å². The van der Waals surface area contributed by atoms with Gasteiger partial charge in [-0.3, -0.25) is 10.1 Å². The van der Waals surface area contributed by atoms with Gasteiger partial charge < -0.3 is 10.6 Å². The largest absolute Gasteiger partial charge is 0.365 e. The standard InChI is InChI=1S/C14H17BrFN3O2/c15-11-4-14(19(20)21)13(5-12(11)16)18-6-8-1-2-10(17)3-9(8)7-18/h4-5,8-10H,1-3,6-7,17H2/t8-,9+,10?/m1/s1. The Bertz CT molecular complexity index is 584. The van der Waals surface area contributed by atoms with Crippen LogP contribution in [0.15, 0.2) is 16.6 Å². The molecule has 5 nitrogen and oxygen atoms in total. The lowest BCUT2D eigenvalue weighted by molar-refractivity contribution is -0.384. The van der Waals surface area contributed by atoms with E-state index in [2.05, 4.69) is 15.9 Å². The first-order chi connectivity index (χ1) is 9.95. The van der Waals surface area contributed by atoms with Crippen molar-refractivity contribution >= 4 is 27.3 Å². The van der Waals surface area contributed by atoms with Gasteiger partial charge in [-0.1, -0.05) is 0 Å². The van der Waals surface area contributed by atoms with E-state index in [0.717, 1.165) is 32.4 Å². The highest BCUT2D eigenvalue weighted by molar-refractivity contribution is 9.10. The average molecular weight is 358 g/mol. The fourth-order valence-corrected chi connectivity index (χ4v) is 3.92. The topological polar surface area (TPSA) is 72.4 Å². The Morgan fingerprint density at radius 2 is 2.05 bits per heavy atom. The average Bonchev–Trinajstić information content (AvgIpc) is 2.83. The van der Waals surface area contributed by atoms with Crippen LogP contribution in [0.5, 0.6) is 0 Å². The molecule has 1 aromatic rings. The van der Waals surface area contributed by atoms with E-state index in [1.165, 1.54) is 12.1 Å². The van der Waals surface area contributed by atoms with Gasteiger partial charge in [-0.25, -0.2) is 4.39 Å². The van der Waals surface area contributed by atoms with Gasteiger partial charge in [0.25, 0.3) is 5.69 Å². The lowest BCUT2D eigenvalue weighted by atomic mass is 9.79. The van der Waals surface area contributed by atoms with Crippen molar-refractivity contribution in [2.45, 2.75) is 25.3 Å². The second-order valence-corrected chi connectivity index (χ2v) is 6.86. The van der Waals surface area contributed by atoms with Crippen LogP contribution in [0.25, 0.3) is 0 Å². The van der Waals surface area contributed by atoms with Crippen LogP contribution in [-0.2, 0) is 0 Å². The predicted octanol–water partition coefficient (Wildman–Crippen LogP) is 3.06. The summed E-state index contributed by atoms with van der Waals surface area (Å²) in [6.45, 7) is 1.47. The molecule has 0 bridgehead atoms. The van der Waals surface area contributed by atoms with Crippen LogP contribution < -0.4 is 10.6 Å². The lowest BCUT2D eigenvalue weighted by Crippen LogP contribution is -2.32. The molecule has 2 aliphatic rings. The van der Waals surface area contributed by atoms with Crippen LogP contribution in [0.4, 0.5) is 15.8 Å². The minimum absolute atomic E-state index is 0.0498. The van der Waals surface area contributed by atoms with Gasteiger partial charge in [-0.15, -0.1) is 0 Å². The second kappa shape index (κ2) is 5.53.